The third-order valence-corrected chi connectivity index (χ3v) is 3.56. The van der Waals surface area contributed by atoms with Crippen LogP contribution in [0.2, 0.25) is 0 Å². The van der Waals surface area contributed by atoms with Crippen LogP contribution in [-0.4, -0.2) is 0 Å². The normalized spacial score (nSPS) is 13.2. The number of rotatable bonds is 1. The van der Waals surface area contributed by atoms with E-state index in [1.807, 2.05) is 0 Å². The van der Waals surface area contributed by atoms with Crippen LogP contribution in [0.25, 0.3) is 5.57 Å². The molecule has 0 N–H and O–H groups in total. The van der Waals surface area contributed by atoms with Gasteiger partial charge in [0.25, 0.3) is 0 Å². The van der Waals surface area contributed by atoms with Crippen molar-refractivity contribution in [1.29, 1.82) is 0 Å². The lowest BCUT2D eigenvalue weighted by Crippen LogP contribution is -2.27. The van der Waals surface area contributed by atoms with Gasteiger partial charge in [-0.05, 0) is 27.4 Å². The van der Waals surface area contributed by atoms with Crippen molar-refractivity contribution in [3.63, 3.8) is 0 Å². The summed E-state index contributed by atoms with van der Waals surface area (Å²) < 4.78 is 0. The molecule has 0 aliphatic heterocycles. The smallest absolute Gasteiger partial charge is 0.0126 e. The number of hydrogen-bond donors (Lipinski definition) is 0. The minimum Gasteiger partial charge on any atom is -0.0622 e. The fraction of sp³-hybridized carbons (Fsp3) is 0.600. The molecule has 0 aromatic heterocycles. The van der Waals surface area contributed by atoms with Crippen LogP contribution in [0.3, 0.4) is 0 Å². The van der Waals surface area contributed by atoms with Crippen molar-refractivity contribution < 1.29 is 0 Å². The van der Waals surface area contributed by atoms with Gasteiger partial charge in [0, 0.05) is 0 Å². The summed E-state index contributed by atoms with van der Waals surface area (Å²) in [6.45, 7) is 21.0. The summed E-state index contributed by atoms with van der Waals surface area (Å²) in [4.78, 5) is 0. The predicted molar refractivity (Wildman–Crippen MR) is 91.7 cm³/mol. The van der Waals surface area contributed by atoms with E-state index in [-0.39, 0.29) is 16.2 Å². The highest BCUT2D eigenvalue weighted by Gasteiger charge is 2.35. The lowest BCUT2D eigenvalue weighted by molar-refractivity contribution is 0.355. The van der Waals surface area contributed by atoms with E-state index in [9.17, 15) is 0 Å². The van der Waals surface area contributed by atoms with Crippen molar-refractivity contribution in [2.45, 2.75) is 62.3 Å². The molecule has 1 aromatic carbocycles. The topological polar surface area (TPSA) is 0 Å². The summed E-state index contributed by atoms with van der Waals surface area (Å²) in [5.74, 6) is 0. The second kappa shape index (κ2) is 5.39. The van der Waals surface area contributed by atoms with E-state index < -0.39 is 0 Å². The van der Waals surface area contributed by atoms with Crippen LogP contribution in [0.15, 0.2) is 35.9 Å². The third kappa shape index (κ3) is 3.98. The minimum absolute atomic E-state index is 0.136. The Morgan fingerprint density at radius 1 is 0.600 bits per heavy atom. The molecule has 112 valence electrons. The fourth-order valence-corrected chi connectivity index (χ4v) is 3.43. The van der Waals surface area contributed by atoms with E-state index in [2.05, 4.69) is 92.6 Å². The molecule has 0 aliphatic carbocycles. The first-order valence-corrected chi connectivity index (χ1v) is 7.66. The quantitative estimate of drug-likeness (QED) is 0.541. The zero-order valence-corrected chi connectivity index (χ0v) is 14.9. The maximum Gasteiger partial charge on any atom is -0.0126 e. The highest BCUT2D eigenvalue weighted by atomic mass is 14.4. The first-order valence-electron chi connectivity index (χ1n) is 7.66. The van der Waals surface area contributed by atoms with Gasteiger partial charge in [-0.1, -0.05) is 98.2 Å². The SMILES string of the molecule is CC(C)(C)C(=C(C(C)(C)C)C(C)(C)C)c1ccccc1. The van der Waals surface area contributed by atoms with Crippen molar-refractivity contribution in [1.82, 2.24) is 0 Å². The summed E-state index contributed by atoms with van der Waals surface area (Å²) in [5.41, 5.74) is 4.88. The monoisotopic (exact) mass is 272 g/mol. The minimum atomic E-state index is 0.136. The van der Waals surface area contributed by atoms with Gasteiger partial charge in [0.15, 0.2) is 0 Å². The lowest BCUT2D eigenvalue weighted by atomic mass is 9.64. The van der Waals surface area contributed by atoms with Crippen LogP contribution in [0.5, 0.6) is 0 Å². The Hall–Kier alpha value is -1.04. The Morgan fingerprint density at radius 3 is 1.30 bits per heavy atom. The Morgan fingerprint density at radius 2 is 1.00 bits per heavy atom. The molecule has 0 spiro atoms. The summed E-state index contributed by atoms with van der Waals surface area (Å²) in [5, 5.41) is 0. The average Bonchev–Trinajstić information content (AvgIpc) is 2.21. The van der Waals surface area contributed by atoms with Crippen molar-refractivity contribution in [3.8, 4) is 0 Å². The molecule has 0 bridgehead atoms. The molecule has 0 radical (unpaired) electrons. The standard InChI is InChI=1S/C20H32/c1-18(2,3)16(15-13-11-10-12-14-15)17(19(4,5)6)20(7,8)9/h10-14H,1-9H3. The molecular weight excluding hydrogens is 240 g/mol. The van der Waals surface area contributed by atoms with Gasteiger partial charge in [0.2, 0.25) is 0 Å². The number of allylic oxidation sites excluding steroid dienone is 2. The zero-order chi connectivity index (χ0) is 15.8. The highest BCUT2D eigenvalue weighted by molar-refractivity contribution is 5.74. The van der Waals surface area contributed by atoms with E-state index in [4.69, 9.17) is 0 Å². The third-order valence-electron chi connectivity index (χ3n) is 3.56. The molecule has 0 heterocycles. The molecule has 20 heavy (non-hydrogen) atoms. The van der Waals surface area contributed by atoms with Crippen LogP contribution in [0.1, 0.15) is 67.9 Å². The van der Waals surface area contributed by atoms with E-state index in [1.165, 1.54) is 11.1 Å². The van der Waals surface area contributed by atoms with Crippen LogP contribution < -0.4 is 0 Å². The molecule has 0 unspecified atom stereocenters. The predicted octanol–water partition coefficient (Wildman–Crippen LogP) is 6.58. The Kier molecular flexibility index (Phi) is 4.58. The zero-order valence-electron chi connectivity index (χ0n) is 14.9. The lowest BCUT2D eigenvalue weighted by Gasteiger charge is -2.41. The molecule has 1 aromatic rings. The number of hydrogen-bond acceptors (Lipinski definition) is 0. The van der Waals surface area contributed by atoms with E-state index >= 15 is 0 Å². The molecule has 0 amide bonds. The molecular formula is C20H32. The van der Waals surface area contributed by atoms with Gasteiger partial charge >= 0.3 is 0 Å². The highest BCUT2D eigenvalue weighted by Crippen LogP contribution is 2.49. The Bertz CT molecular complexity index is 452. The van der Waals surface area contributed by atoms with Gasteiger partial charge in [-0.15, -0.1) is 0 Å². The maximum absolute atomic E-state index is 2.34. The molecule has 0 fully saturated rings. The van der Waals surface area contributed by atoms with Gasteiger partial charge in [0.05, 0.1) is 0 Å². The van der Waals surface area contributed by atoms with E-state index in [0.29, 0.717) is 0 Å². The van der Waals surface area contributed by atoms with Crippen LogP contribution in [0.4, 0.5) is 0 Å². The van der Waals surface area contributed by atoms with Crippen LogP contribution in [-0.2, 0) is 0 Å². The van der Waals surface area contributed by atoms with Crippen molar-refractivity contribution >= 4 is 5.57 Å². The van der Waals surface area contributed by atoms with Crippen LogP contribution in [0, 0.1) is 16.2 Å². The molecule has 0 saturated carbocycles. The second-order valence-corrected chi connectivity index (χ2v) is 8.87. The second-order valence-electron chi connectivity index (χ2n) is 8.87. The summed E-state index contributed by atoms with van der Waals surface area (Å²) >= 11 is 0. The van der Waals surface area contributed by atoms with Gasteiger partial charge in [-0.25, -0.2) is 0 Å². The Balaban J connectivity index is 3.76. The van der Waals surface area contributed by atoms with Gasteiger partial charge in [0.1, 0.15) is 0 Å². The molecule has 1 rings (SSSR count). The Labute approximate surface area is 126 Å². The summed E-state index contributed by atoms with van der Waals surface area (Å²) in [6.07, 6.45) is 0. The van der Waals surface area contributed by atoms with Crippen molar-refractivity contribution in [2.75, 3.05) is 0 Å². The molecule has 0 nitrogen and oxygen atoms in total. The van der Waals surface area contributed by atoms with Crippen LogP contribution >= 0.6 is 0 Å². The summed E-state index contributed by atoms with van der Waals surface area (Å²) in [7, 11) is 0. The fourth-order valence-electron chi connectivity index (χ4n) is 3.43. The summed E-state index contributed by atoms with van der Waals surface area (Å²) in [6, 6.07) is 10.9. The largest absolute Gasteiger partial charge is 0.0622 e. The van der Waals surface area contributed by atoms with Crippen molar-refractivity contribution in [3.05, 3.63) is 41.5 Å². The number of benzene rings is 1. The van der Waals surface area contributed by atoms with E-state index in [0.717, 1.165) is 0 Å². The molecule has 0 aliphatic rings. The van der Waals surface area contributed by atoms with Gasteiger partial charge in [-0.3, -0.25) is 0 Å². The molecule has 0 heteroatoms. The molecule has 0 saturated heterocycles. The van der Waals surface area contributed by atoms with Crippen molar-refractivity contribution in [2.24, 2.45) is 16.2 Å². The average molecular weight is 272 g/mol. The first kappa shape index (κ1) is 17.0. The van der Waals surface area contributed by atoms with Gasteiger partial charge in [-0.2, -0.15) is 0 Å². The first-order chi connectivity index (χ1) is 8.85. The molecule has 0 atom stereocenters. The van der Waals surface area contributed by atoms with E-state index in [1.54, 1.807) is 5.57 Å². The van der Waals surface area contributed by atoms with Gasteiger partial charge < -0.3 is 0 Å². The maximum atomic E-state index is 2.34.